The number of rotatable bonds is 1. The SMILES string of the molecule is N=C(N)N(C(N)=O)[N+](=O)[O-]. The molecule has 0 unspecified atom stereocenters. The van der Waals surface area contributed by atoms with E-state index in [4.69, 9.17) is 5.41 Å². The molecule has 8 nitrogen and oxygen atoms in total. The van der Waals surface area contributed by atoms with Crippen molar-refractivity contribution in [3.05, 3.63) is 10.1 Å². The number of hydrazine groups is 1. The molecule has 0 aromatic carbocycles. The Morgan fingerprint density at radius 1 is 1.60 bits per heavy atom. The second-order valence-corrected chi connectivity index (χ2v) is 1.27. The zero-order valence-electron chi connectivity index (χ0n) is 4.77. The molecule has 8 heteroatoms. The summed E-state index contributed by atoms with van der Waals surface area (Å²) in [5, 5.41) is 14.8. The molecule has 0 saturated carbocycles. The highest BCUT2D eigenvalue weighted by Crippen LogP contribution is 1.84. The molecule has 2 amide bonds. The lowest BCUT2D eigenvalue weighted by Gasteiger charge is -2.04. The number of carbonyl (C=O) groups excluding carboxylic acids is 1. The molecule has 0 heterocycles. The number of amides is 2. The van der Waals surface area contributed by atoms with E-state index in [-0.39, 0.29) is 5.01 Å². The first kappa shape index (κ1) is 8.14. The third kappa shape index (κ3) is 1.58. The number of nitrogens with zero attached hydrogens (tertiary/aromatic N) is 2. The molecule has 0 bridgehead atoms. The van der Waals surface area contributed by atoms with Crippen molar-refractivity contribution in [1.29, 1.82) is 5.41 Å². The Morgan fingerprint density at radius 3 is 2.00 bits per heavy atom. The number of primary amides is 1. The van der Waals surface area contributed by atoms with Crippen LogP contribution in [0, 0.1) is 15.5 Å². The molecule has 0 aliphatic heterocycles. The fourth-order valence-corrected chi connectivity index (χ4v) is 0.287. The van der Waals surface area contributed by atoms with E-state index in [2.05, 4.69) is 11.5 Å². The lowest BCUT2D eigenvalue weighted by molar-refractivity contribution is -0.607. The molecule has 0 aliphatic carbocycles. The van der Waals surface area contributed by atoms with E-state index in [1.54, 1.807) is 0 Å². The molecule has 56 valence electrons. The van der Waals surface area contributed by atoms with Crippen molar-refractivity contribution >= 4 is 12.0 Å². The molecule has 0 rings (SSSR count). The van der Waals surface area contributed by atoms with Gasteiger partial charge in [-0.05, 0) is 0 Å². The average Bonchev–Trinajstić information content (AvgIpc) is 1.59. The van der Waals surface area contributed by atoms with Crippen LogP contribution in [0.3, 0.4) is 0 Å². The summed E-state index contributed by atoms with van der Waals surface area (Å²) in [5.74, 6) is -1.02. The topological polar surface area (TPSA) is 139 Å². The summed E-state index contributed by atoms with van der Waals surface area (Å²) in [7, 11) is 0. The van der Waals surface area contributed by atoms with Crippen LogP contribution in [0.25, 0.3) is 0 Å². The summed E-state index contributed by atoms with van der Waals surface area (Å²) in [6.07, 6.45) is 0. The van der Waals surface area contributed by atoms with Crippen molar-refractivity contribution in [1.82, 2.24) is 5.01 Å². The van der Waals surface area contributed by atoms with Gasteiger partial charge in [0.15, 0.2) is 5.03 Å². The van der Waals surface area contributed by atoms with Crippen LogP contribution in [-0.2, 0) is 0 Å². The summed E-state index contributed by atoms with van der Waals surface area (Å²) in [6.45, 7) is 0. The molecule has 0 aliphatic rings. The largest absolute Gasteiger partial charge is 0.382 e. The minimum Gasteiger partial charge on any atom is -0.365 e. The van der Waals surface area contributed by atoms with Crippen LogP contribution >= 0.6 is 0 Å². The van der Waals surface area contributed by atoms with Crippen LogP contribution in [0.4, 0.5) is 4.79 Å². The number of carbonyl (C=O) groups is 1. The van der Waals surface area contributed by atoms with Gasteiger partial charge in [0.05, 0.1) is 0 Å². The van der Waals surface area contributed by atoms with E-state index < -0.39 is 17.0 Å². The maximum absolute atomic E-state index is 10.1. The van der Waals surface area contributed by atoms with Gasteiger partial charge < -0.3 is 11.5 Å². The predicted octanol–water partition coefficient (Wildman–Crippen LogP) is -1.55. The normalized spacial score (nSPS) is 8.40. The van der Waals surface area contributed by atoms with Gasteiger partial charge in [-0.25, -0.2) is 14.9 Å². The van der Waals surface area contributed by atoms with Crippen LogP contribution in [0.2, 0.25) is 0 Å². The minimum absolute atomic E-state index is 0.278. The second kappa shape index (κ2) is 2.62. The molecule has 0 aromatic heterocycles. The zero-order chi connectivity index (χ0) is 8.31. The van der Waals surface area contributed by atoms with Crippen LogP contribution < -0.4 is 11.5 Å². The highest BCUT2D eigenvalue weighted by Gasteiger charge is 2.24. The third-order valence-electron chi connectivity index (χ3n) is 0.600. The Hall–Kier alpha value is -1.86. The van der Waals surface area contributed by atoms with Gasteiger partial charge in [-0.1, -0.05) is 0 Å². The van der Waals surface area contributed by atoms with E-state index >= 15 is 0 Å². The maximum Gasteiger partial charge on any atom is 0.382 e. The first-order chi connectivity index (χ1) is 4.46. The number of urea groups is 1. The van der Waals surface area contributed by atoms with E-state index in [0.29, 0.717) is 0 Å². The molecular weight excluding hydrogens is 142 g/mol. The highest BCUT2D eigenvalue weighted by molar-refractivity contribution is 5.91. The minimum atomic E-state index is -1.39. The number of hydrogen-bond donors (Lipinski definition) is 3. The lowest BCUT2D eigenvalue weighted by atomic mass is 10.9. The Bertz CT molecular complexity index is 154. The molecule has 0 atom stereocenters. The van der Waals surface area contributed by atoms with Gasteiger partial charge in [0.2, 0.25) is 0 Å². The first-order valence-corrected chi connectivity index (χ1v) is 2.04. The monoisotopic (exact) mass is 147 g/mol. The molecule has 0 saturated heterocycles. The van der Waals surface area contributed by atoms with Gasteiger partial charge in [-0.2, -0.15) is 0 Å². The van der Waals surface area contributed by atoms with Gasteiger partial charge in [0.25, 0.3) is 5.96 Å². The molecule has 5 N–H and O–H groups in total. The van der Waals surface area contributed by atoms with Gasteiger partial charge in [0, 0.05) is 5.01 Å². The van der Waals surface area contributed by atoms with Gasteiger partial charge in [-0.15, -0.1) is 0 Å². The maximum atomic E-state index is 10.1. The predicted molar refractivity (Wildman–Crippen MR) is 30.3 cm³/mol. The van der Waals surface area contributed by atoms with Gasteiger partial charge in [0.1, 0.15) is 0 Å². The number of nitro groups is 1. The van der Waals surface area contributed by atoms with Crippen molar-refractivity contribution in [2.24, 2.45) is 11.5 Å². The van der Waals surface area contributed by atoms with Crippen LogP contribution in [0.1, 0.15) is 0 Å². The standard InChI is InChI=1S/C2H5N5O3/c3-1(4)6(2(5)8)7(9)10/h(H3,3,4)(H2,5,8). The van der Waals surface area contributed by atoms with E-state index in [1.807, 2.05) is 0 Å². The summed E-state index contributed by atoms with van der Waals surface area (Å²) in [4.78, 5) is 19.9. The van der Waals surface area contributed by atoms with Crippen molar-refractivity contribution in [2.45, 2.75) is 0 Å². The average molecular weight is 147 g/mol. The van der Waals surface area contributed by atoms with Crippen LogP contribution in [0.15, 0.2) is 0 Å². The van der Waals surface area contributed by atoms with E-state index in [0.717, 1.165) is 0 Å². The first-order valence-electron chi connectivity index (χ1n) is 2.04. The van der Waals surface area contributed by atoms with Crippen LogP contribution in [-0.4, -0.2) is 22.0 Å². The Morgan fingerprint density at radius 2 is 2.00 bits per heavy atom. The molecule has 0 fully saturated rings. The van der Waals surface area contributed by atoms with E-state index in [1.165, 1.54) is 0 Å². The Balaban J connectivity index is 4.43. The number of guanidine groups is 1. The summed E-state index contributed by atoms with van der Waals surface area (Å²) in [6, 6.07) is -1.39. The Labute approximate surface area is 55.0 Å². The quantitative estimate of drug-likeness (QED) is 0.179. The van der Waals surface area contributed by atoms with Crippen molar-refractivity contribution in [3.8, 4) is 0 Å². The smallest absolute Gasteiger partial charge is 0.365 e. The summed E-state index contributed by atoms with van der Waals surface area (Å²) >= 11 is 0. The molecule has 0 spiro atoms. The molecule has 10 heavy (non-hydrogen) atoms. The van der Waals surface area contributed by atoms with Crippen LogP contribution in [0.5, 0.6) is 0 Å². The summed E-state index contributed by atoms with van der Waals surface area (Å²) in [5.41, 5.74) is 9.07. The lowest BCUT2D eigenvalue weighted by Crippen LogP contribution is -2.47. The van der Waals surface area contributed by atoms with Gasteiger partial charge in [-0.3, -0.25) is 5.41 Å². The second-order valence-electron chi connectivity index (χ2n) is 1.27. The molecule has 0 aromatic rings. The third-order valence-corrected chi connectivity index (χ3v) is 0.600. The fraction of sp³-hybridized carbons (Fsp3) is 0. The fourth-order valence-electron chi connectivity index (χ4n) is 0.287. The van der Waals surface area contributed by atoms with Crippen molar-refractivity contribution in [3.63, 3.8) is 0 Å². The summed E-state index contributed by atoms with van der Waals surface area (Å²) < 4.78 is 0. The van der Waals surface area contributed by atoms with Crippen molar-refractivity contribution < 1.29 is 9.83 Å². The molecule has 0 radical (unpaired) electrons. The number of nitrogens with one attached hydrogen (secondary N) is 1. The Kier molecular flexibility index (Phi) is 2.13. The highest BCUT2D eigenvalue weighted by atomic mass is 16.7. The zero-order valence-corrected chi connectivity index (χ0v) is 4.77. The van der Waals surface area contributed by atoms with Gasteiger partial charge >= 0.3 is 6.03 Å². The number of nitrogens with two attached hydrogens (primary N) is 2. The number of hydrogen-bond acceptors (Lipinski definition) is 4. The van der Waals surface area contributed by atoms with Crippen molar-refractivity contribution in [2.75, 3.05) is 0 Å². The van der Waals surface area contributed by atoms with E-state index in [9.17, 15) is 14.9 Å². The molecular formula is C2H5N5O3.